The molecule has 1 aromatic carbocycles. The molecule has 4 heteroatoms. The summed E-state index contributed by atoms with van der Waals surface area (Å²) in [6, 6.07) is 7.72. The highest BCUT2D eigenvalue weighted by Crippen LogP contribution is 2.30. The third-order valence-electron chi connectivity index (χ3n) is 2.53. The van der Waals surface area contributed by atoms with Gasteiger partial charge in [0.1, 0.15) is 5.75 Å². The van der Waals surface area contributed by atoms with Gasteiger partial charge in [-0.25, -0.2) is 0 Å². The van der Waals surface area contributed by atoms with Gasteiger partial charge in [-0.05, 0) is 18.6 Å². The Balaban J connectivity index is 2.60. The molecule has 0 bridgehead atoms. The normalized spacial score (nSPS) is 12.6. The molecule has 3 nitrogen and oxygen atoms in total. The fourth-order valence-electron chi connectivity index (χ4n) is 1.77. The summed E-state index contributed by atoms with van der Waals surface area (Å²) in [6.45, 7) is 2.01. The van der Waals surface area contributed by atoms with Gasteiger partial charge in [0, 0.05) is 17.3 Å². The Hall–Kier alpha value is -1.42. The van der Waals surface area contributed by atoms with Crippen molar-refractivity contribution in [3.05, 3.63) is 30.5 Å². The van der Waals surface area contributed by atoms with Crippen LogP contribution in [-0.4, -0.2) is 22.1 Å². The van der Waals surface area contributed by atoms with Crippen molar-refractivity contribution in [2.75, 3.05) is 12.9 Å². The molecule has 0 saturated carbocycles. The zero-order chi connectivity index (χ0) is 12.3. The highest BCUT2D eigenvalue weighted by atomic mass is 32.2. The Morgan fingerprint density at radius 1 is 1.35 bits per heavy atom. The minimum absolute atomic E-state index is 0.635. The number of aromatic nitrogens is 1. The second-order valence-corrected chi connectivity index (χ2v) is 5.26. The van der Waals surface area contributed by atoms with Gasteiger partial charge in [0.25, 0.3) is 0 Å². The van der Waals surface area contributed by atoms with Gasteiger partial charge in [-0.15, -0.1) is 0 Å². The minimum atomic E-state index is -1.04. The zero-order valence-electron chi connectivity index (χ0n) is 9.97. The molecule has 17 heavy (non-hydrogen) atoms. The third kappa shape index (κ3) is 2.31. The number of fused-ring (bicyclic) bond motifs is 1. The van der Waals surface area contributed by atoms with E-state index in [1.54, 1.807) is 13.3 Å². The lowest BCUT2D eigenvalue weighted by Gasteiger charge is -2.10. The van der Waals surface area contributed by atoms with E-state index in [1.165, 1.54) is 0 Å². The summed E-state index contributed by atoms with van der Waals surface area (Å²) in [7, 11) is 0.567. The number of hydrogen-bond donors (Lipinski definition) is 0. The lowest BCUT2D eigenvalue weighted by molar-refractivity contribution is 0.408. The molecule has 90 valence electrons. The molecule has 0 aliphatic carbocycles. The SMILES string of the molecule is CCCS(=O)c1cnc2ccccc2c1OC. The quantitative estimate of drug-likeness (QED) is 0.836. The average Bonchev–Trinajstić information content (AvgIpc) is 2.37. The lowest BCUT2D eigenvalue weighted by Crippen LogP contribution is -2.01. The zero-order valence-corrected chi connectivity index (χ0v) is 10.8. The summed E-state index contributed by atoms with van der Waals surface area (Å²) < 4.78 is 17.5. The molecule has 0 aliphatic rings. The van der Waals surface area contributed by atoms with Crippen LogP contribution in [0.2, 0.25) is 0 Å². The third-order valence-corrected chi connectivity index (χ3v) is 4.09. The summed E-state index contributed by atoms with van der Waals surface area (Å²) in [5.41, 5.74) is 0.863. The molecule has 1 heterocycles. The van der Waals surface area contributed by atoms with Crippen LogP contribution in [0.1, 0.15) is 13.3 Å². The van der Waals surface area contributed by atoms with Crippen LogP contribution in [0.5, 0.6) is 5.75 Å². The molecule has 1 unspecified atom stereocenters. The summed E-state index contributed by atoms with van der Waals surface area (Å²) in [5.74, 6) is 1.32. The largest absolute Gasteiger partial charge is 0.495 e. The fourth-order valence-corrected chi connectivity index (χ4v) is 2.93. The van der Waals surface area contributed by atoms with Crippen LogP contribution in [0.25, 0.3) is 10.9 Å². The van der Waals surface area contributed by atoms with Crippen LogP contribution in [0.3, 0.4) is 0 Å². The Labute approximate surface area is 103 Å². The van der Waals surface area contributed by atoms with Crippen LogP contribution in [0, 0.1) is 0 Å². The number of ether oxygens (including phenoxy) is 1. The van der Waals surface area contributed by atoms with Crippen molar-refractivity contribution in [1.29, 1.82) is 0 Å². The van der Waals surface area contributed by atoms with Crippen molar-refractivity contribution < 1.29 is 8.95 Å². The van der Waals surface area contributed by atoms with Gasteiger partial charge in [-0.1, -0.05) is 19.1 Å². The Morgan fingerprint density at radius 2 is 2.12 bits per heavy atom. The molecule has 1 aromatic heterocycles. The minimum Gasteiger partial charge on any atom is -0.495 e. The van der Waals surface area contributed by atoms with E-state index in [-0.39, 0.29) is 0 Å². The maximum atomic E-state index is 12.1. The maximum Gasteiger partial charge on any atom is 0.145 e. The van der Waals surface area contributed by atoms with Gasteiger partial charge in [0.15, 0.2) is 0 Å². The lowest BCUT2D eigenvalue weighted by atomic mass is 10.2. The van der Waals surface area contributed by atoms with Crippen LogP contribution in [0.4, 0.5) is 0 Å². The summed E-state index contributed by atoms with van der Waals surface area (Å²) >= 11 is 0. The molecule has 1 atom stereocenters. The van der Waals surface area contributed by atoms with Gasteiger partial charge >= 0.3 is 0 Å². The van der Waals surface area contributed by atoms with Crippen molar-refractivity contribution in [2.45, 2.75) is 18.2 Å². The van der Waals surface area contributed by atoms with E-state index < -0.39 is 10.8 Å². The van der Waals surface area contributed by atoms with Gasteiger partial charge in [-0.3, -0.25) is 9.19 Å². The Morgan fingerprint density at radius 3 is 2.82 bits per heavy atom. The predicted molar refractivity (Wildman–Crippen MR) is 69.9 cm³/mol. The van der Waals surface area contributed by atoms with E-state index in [2.05, 4.69) is 4.98 Å². The number of methoxy groups -OCH3 is 1. The number of hydrogen-bond acceptors (Lipinski definition) is 3. The molecule has 0 radical (unpaired) electrons. The van der Waals surface area contributed by atoms with E-state index in [4.69, 9.17) is 4.74 Å². The highest BCUT2D eigenvalue weighted by Gasteiger charge is 2.13. The monoisotopic (exact) mass is 249 g/mol. The second kappa shape index (κ2) is 5.27. The van der Waals surface area contributed by atoms with Crippen molar-refractivity contribution in [3.8, 4) is 5.75 Å². The van der Waals surface area contributed by atoms with Crippen LogP contribution >= 0.6 is 0 Å². The smallest absolute Gasteiger partial charge is 0.145 e. The standard InChI is InChI=1S/C13H15NO2S/c1-3-8-17(15)12-9-14-11-7-5-4-6-10(11)13(12)16-2/h4-7,9H,3,8H2,1-2H3. The molecular formula is C13H15NO2S. The van der Waals surface area contributed by atoms with Crippen LogP contribution in [0.15, 0.2) is 35.4 Å². The van der Waals surface area contributed by atoms with Crippen LogP contribution < -0.4 is 4.74 Å². The van der Waals surface area contributed by atoms with Crippen molar-refractivity contribution in [1.82, 2.24) is 4.98 Å². The molecule has 0 spiro atoms. The highest BCUT2D eigenvalue weighted by molar-refractivity contribution is 7.85. The average molecular weight is 249 g/mol. The Kier molecular flexibility index (Phi) is 3.74. The van der Waals surface area contributed by atoms with E-state index in [0.29, 0.717) is 16.4 Å². The molecule has 0 amide bonds. The van der Waals surface area contributed by atoms with Crippen LogP contribution in [-0.2, 0) is 10.8 Å². The van der Waals surface area contributed by atoms with Gasteiger partial charge in [-0.2, -0.15) is 0 Å². The topological polar surface area (TPSA) is 39.2 Å². The van der Waals surface area contributed by atoms with E-state index in [9.17, 15) is 4.21 Å². The van der Waals surface area contributed by atoms with Crippen molar-refractivity contribution in [2.24, 2.45) is 0 Å². The number of rotatable bonds is 4. The number of nitrogens with zero attached hydrogens (tertiary/aromatic N) is 1. The summed E-state index contributed by atoms with van der Waals surface area (Å²) in [6.07, 6.45) is 2.54. The first-order valence-electron chi connectivity index (χ1n) is 5.58. The molecule has 0 aliphatic heterocycles. The molecule has 0 N–H and O–H groups in total. The molecular weight excluding hydrogens is 234 g/mol. The van der Waals surface area contributed by atoms with E-state index >= 15 is 0 Å². The first-order chi connectivity index (χ1) is 8.27. The maximum absolute atomic E-state index is 12.1. The number of pyridine rings is 1. The van der Waals surface area contributed by atoms with Gasteiger partial charge < -0.3 is 4.74 Å². The van der Waals surface area contributed by atoms with Crippen molar-refractivity contribution in [3.63, 3.8) is 0 Å². The Bertz CT molecular complexity index is 554. The van der Waals surface area contributed by atoms with E-state index in [0.717, 1.165) is 17.3 Å². The first-order valence-corrected chi connectivity index (χ1v) is 6.90. The second-order valence-electron chi connectivity index (χ2n) is 3.72. The fraction of sp³-hybridized carbons (Fsp3) is 0.308. The summed E-state index contributed by atoms with van der Waals surface area (Å²) in [5, 5.41) is 0.914. The number of benzene rings is 1. The molecule has 0 fully saturated rings. The predicted octanol–water partition coefficient (Wildman–Crippen LogP) is 2.76. The van der Waals surface area contributed by atoms with Gasteiger partial charge in [0.05, 0.1) is 28.3 Å². The summed E-state index contributed by atoms with van der Waals surface area (Å²) in [4.78, 5) is 5.01. The van der Waals surface area contributed by atoms with Gasteiger partial charge in [0.2, 0.25) is 0 Å². The molecule has 2 aromatic rings. The number of para-hydroxylation sites is 1. The molecule has 2 rings (SSSR count). The first kappa shape index (κ1) is 12.0. The van der Waals surface area contributed by atoms with Crippen molar-refractivity contribution >= 4 is 21.7 Å². The molecule has 0 saturated heterocycles. The van der Waals surface area contributed by atoms with E-state index in [1.807, 2.05) is 31.2 Å².